The van der Waals surface area contributed by atoms with Gasteiger partial charge in [0.05, 0.1) is 19.9 Å². The highest BCUT2D eigenvalue weighted by Gasteiger charge is 2.29. The topological polar surface area (TPSA) is 76.0 Å². The molecule has 5 nitrogen and oxygen atoms in total. The Kier molecular flexibility index (Phi) is 5.83. The summed E-state index contributed by atoms with van der Waals surface area (Å²) < 4.78 is 22.0. The molecule has 2 aromatic carbocycles. The fourth-order valence-electron chi connectivity index (χ4n) is 2.38. The van der Waals surface area contributed by atoms with E-state index in [1.54, 1.807) is 38.5 Å². The van der Waals surface area contributed by atoms with Crippen LogP contribution in [0.3, 0.4) is 0 Å². The Balaban J connectivity index is 2.14. The SMILES string of the molecule is COc1ccc(CC(Cc2ccc(OC)cc2)P(=O)(O)O)cc1. The fourth-order valence-corrected chi connectivity index (χ4v) is 3.27. The van der Waals surface area contributed by atoms with Crippen LogP contribution in [0.1, 0.15) is 11.1 Å². The van der Waals surface area contributed by atoms with E-state index in [-0.39, 0.29) is 0 Å². The van der Waals surface area contributed by atoms with Gasteiger partial charge in [0.15, 0.2) is 0 Å². The molecule has 0 heterocycles. The molecule has 0 bridgehead atoms. The molecule has 0 atom stereocenters. The maximum absolute atomic E-state index is 11.8. The number of benzene rings is 2. The molecule has 6 heteroatoms. The normalized spacial score (nSPS) is 11.5. The zero-order chi connectivity index (χ0) is 16.9. The van der Waals surface area contributed by atoms with Crippen molar-refractivity contribution in [1.82, 2.24) is 0 Å². The third-order valence-electron chi connectivity index (χ3n) is 3.74. The van der Waals surface area contributed by atoms with E-state index in [9.17, 15) is 14.4 Å². The quantitative estimate of drug-likeness (QED) is 0.760. The summed E-state index contributed by atoms with van der Waals surface area (Å²) in [5.74, 6) is 1.44. The molecule has 0 spiro atoms. The second-order valence-electron chi connectivity index (χ2n) is 5.35. The highest BCUT2D eigenvalue weighted by molar-refractivity contribution is 7.52. The predicted molar refractivity (Wildman–Crippen MR) is 89.2 cm³/mol. The van der Waals surface area contributed by atoms with Crippen LogP contribution in [-0.4, -0.2) is 29.7 Å². The van der Waals surface area contributed by atoms with E-state index in [1.807, 2.05) is 24.3 Å². The molecule has 0 amide bonds. The standard InChI is InChI=1S/C17H21O5P/c1-21-15-7-3-13(4-8-15)11-17(23(18,19)20)12-14-5-9-16(22-2)10-6-14/h3-10,17H,11-12H2,1-2H3,(H2,18,19,20). The average Bonchev–Trinajstić information content (AvgIpc) is 2.54. The van der Waals surface area contributed by atoms with Gasteiger partial charge in [-0.25, -0.2) is 0 Å². The fraction of sp³-hybridized carbons (Fsp3) is 0.294. The van der Waals surface area contributed by atoms with Crippen molar-refractivity contribution in [2.75, 3.05) is 14.2 Å². The third kappa shape index (κ3) is 5.10. The van der Waals surface area contributed by atoms with Crippen LogP contribution in [-0.2, 0) is 17.4 Å². The molecule has 0 aliphatic rings. The average molecular weight is 336 g/mol. The second-order valence-corrected chi connectivity index (χ2v) is 7.26. The molecule has 124 valence electrons. The summed E-state index contributed by atoms with van der Waals surface area (Å²) in [4.78, 5) is 19.3. The Bertz CT molecular complexity index is 611. The van der Waals surface area contributed by atoms with Crippen molar-refractivity contribution >= 4 is 7.60 Å². The van der Waals surface area contributed by atoms with Crippen LogP contribution in [0.2, 0.25) is 0 Å². The van der Waals surface area contributed by atoms with Crippen LogP contribution in [0.5, 0.6) is 11.5 Å². The van der Waals surface area contributed by atoms with E-state index < -0.39 is 13.3 Å². The zero-order valence-electron chi connectivity index (χ0n) is 13.2. The molecule has 0 aromatic heterocycles. The molecule has 0 saturated carbocycles. The van der Waals surface area contributed by atoms with Gasteiger partial charge in [-0.3, -0.25) is 4.57 Å². The minimum absolute atomic E-state index is 0.306. The Morgan fingerprint density at radius 2 is 1.17 bits per heavy atom. The van der Waals surface area contributed by atoms with Gasteiger partial charge in [-0.05, 0) is 48.2 Å². The van der Waals surface area contributed by atoms with Crippen LogP contribution in [0, 0.1) is 0 Å². The first kappa shape index (κ1) is 17.5. The molecule has 2 N–H and O–H groups in total. The summed E-state index contributed by atoms with van der Waals surface area (Å²) in [6.45, 7) is 0. The van der Waals surface area contributed by atoms with E-state index in [0.717, 1.165) is 22.6 Å². The van der Waals surface area contributed by atoms with Crippen LogP contribution < -0.4 is 9.47 Å². The van der Waals surface area contributed by atoms with Crippen molar-refractivity contribution in [2.24, 2.45) is 0 Å². The Labute approximate surface area is 136 Å². The highest BCUT2D eigenvalue weighted by atomic mass is 31.2. The first-order valence-electron chi connectivity index (χ1n) is 7.23. The molecule has 0 fully saturated rings. The van der Waals surface area contributed by atoms with Gasteiger partial charge in [0, 0.05) is 0 Å². The number of methoxy groups -OCH3 is 2. The summed E-state index contributed by atoms with van der Waals surface area (Å²) in [6.07, 6.45) is 0.612. The molecule has 0 unspecified atom stereocenters. The monoisotopic (exact) mass is 336 g/mol. The number of ether oxygens (including phenoxy) is 2. The van der Waals surface area contributed by atoms with Gasteiger partial charge < -0.3 is 19.3 Å². The minimum atomic E-state index is -4.21. The van der Waals surface area contributed by atoms with Crippen molar-refractivity contribution < 1.29 is 23.8 Å². The predicted octanol–water partition coefficient (Wildman–Crippen LogP) is 3.04. The molecule has 0 aliphatic carbocycles. The molecule has 0 saturated heterocycles. The lowest BCUT2D eigenvalue weighted by molar-refractivity contribution is 0.356. The van der Waals surface area contributed by atoms with E-state index in [4.69, 9.17) is 9.47 Å². The summed E-state index contributed by atoms with van der Waals surface area (Å²) in [7, 11) is -1.05. The van der Waals surface area contributed by atoms with Crippen LogP contribution in [0.25, 0.3) is 0 Å². The Morgan fingerprint density at radius 3 is 1.43 bits per heavy atom. The molecule has 0 radical (unpaired) electrons. The lowest BCUT2D eigenvalue weighted by Crippen LogP contribution is -2.15. The van der Waals surface area contributed by atoms with Crippen molar-refractivity contribution in [2.45, 2.75) is 18.5 Å². The molecule has 23 heavy (non-hydrogen) atoms. The Morgan fingerprint density at radius 1 is 0.826 bits per heavy atom. The largest absolute Gasteiger partial charge is 0.497 e. The van der Waals surface area contributed by atoms with Gasteiger partial charge in [-0.15, -0.1) is 0 Å². The van der Waals surface area contributed by atoms with Crippen molar-refractivity contribution in [3.63, 3.8) is 0 Å². The van der Waals surface area contributed by atoms with Crippen molar-refractivity contribution in [1.29, 1.82) is 0 Å². The first-order chi connectivity index (χ1) is 10.9. The second kappa shape index (κ2) is 7.64. The van der Waals surface area contributed by atoms with Crippen molar-refractivity contribution in [3.8, 4) is 11.5 Å². The molecule has 2 aromatic rings. The number of hydrogen-bond donors (Lipinski definition) is 2. The maximum Gasteiger partial charge on any atom is 0.329 e. The van der Waals surface area contributed by atoms with Gasteiger partial charge in [0.2, 0.25) is 0 Å². The number of rotatable bonds is 7. The number of hydrogen-bond acceptors (Lipinski definition) is 3. The summed E-state index contributed by atoms with van der Waals surface area (Å²) in [5.41, 5.74) is 0.976. The van der Waals surface area contributed by atoms with Gasteiger partial charge in [-0.2, -0.15) is 0 Å². The molecule has 0 aliphatic heterocycles. The highest BCUT2D eigenvalue weighted by Crippen LogP contribution is 2.44. The van der Waals surface area contributed by atoms with E-state index in [0.29, 0.717) is 12.8 Å². The summed E-state index contributed by atoms with van der Waals surface area (Å²) in [6, 6.07) is 14.5. The van der Waals surface area contributed by atoms with Crippen molar-refractivity contribution in [3.05, 3.63) is 59.7 Å². The van der Waals surface area contributed by atoms with E-state index in [2.05, 4.69) is 0 Å². The van der Waals surface area contributed by atoms with Gasteiger partial charge in [-0.1, -0.05) is 24.3 Å². The maximum atomic E-state index is 11.8. The van der Waals surface area contributed by atoms with E-state index >= 15 is 0 Å². The third-order valence-corrected chi connectivity index (χ3v) is 5.05. The van der Waals surface area contributed by atoms with Gasteiger partial charge >= 0.3 is 7.60 Å². The van der Waals surface area contributed by atoms with Gasteiger partial charge in [0.1, 0.15) is 11.5 Å². The summed E-state index contributed by atoms with van der Waals surface area (Å²) in [5, 5.41) is 0. The van der Waals surface area contributed by atoms with Gasteiger partial charge in [0.25, 0.3) is 0 Å². The van der Waals surface area contributed by atoms with Crippen LogP contribution in [0.4, 0.5) is 0 Å². The molecular formula is C17H21O5P. The molecular weight excluding hydrogens is 315 g/mol. The smallest absolute Gasteiger partial charge is 0.329 e. The summed E-state index contributed by atoms with van der Waals surface area (Å²) >= 11 is 0. The Hall–Kier alpha value is -1.81. The van der Waals surface area contributed by atoms with E-state index in [1.165, 1.54) is 0 Å². The van der Waals surface area contributed by atoms with Crippen LogP contribution in [0.15, 0.2) is 48.5 Å². The lowest BCUT2D eigenvalue weighted by Gasteiger charge is -2.19. The minimum Gasteiger partial charge on any atom is -0.497 e. The lowest BCUT2D eigenvalue weighted by atomic mass is 10.0. The first-order valence-corrected chi connectivity index (χ1v) is 8.91. The molecule has 2 rings (SSSR count). The van der Waals surface area contributed by atoms with Crippen LogP contribution >= 0.6 is 7.60 Å². The zero-order valence-corrected chi connectivity index (χ0v) is 14.1.